The lowest BCUT2D eigenvalue weighted by Gasteiger charge is -2.14. The zero-order valence-corrected chi connectivity index (χ0v) is 19.4. The molecule has 2 aromatic carbocycles. The highest BCUT2D eigenvalue weighted by Gasteiger charge is 2.16. The van der Waals surface area contributed by atoms with Gasteiger partial charge in [-0.15, -0.1) is 0 Å². The average molecular weight is 485 g/mol. The largest absolute Gasteiger partial charge is 0.503 e. The quantitative estimate of drug-likeness (QED) is 0.227. The molecule has 174 valence electrons. The molecule has 0 heterocycles. The minimum atomic E-state index is -1.10. The highest BCUT2D eigenvalue weighted by Crippen LogP contribution is 2.37. The molecule has 32 heavy (non-hydrogen) atoms. The summed E-state index contributed by atoms with van der Waals surface area (Å²) < 4.78 is 26.9. The van der Waals surface area contributed by atoms with Gasteiger partial charge in [0, 0.05) is 18.7 Å². The normalized spacial score (nSPS) is 11.3. The third kappa shape index (κ3) is 7.91. The molecule has 0 fully saturated rings. The highest BCUT2D eigenvalue weighted by atomic mass is 35.5. The Morgan fingerprint density at radius 1 is 1.00 bits per heavy atom. The van der Waals surface area contributed by atoms with Gasteiger partial charge in [-0.3, -0.25) is 0 Å². The van der Waals surface area contributed by atoms with Gasteiger partial charge in [-0.1, -0.05) is 47.5 Å². The molecule has 0 aliphatic heterocycles. The topological polar surface area (TPSA) is 83.5 Å². The van der Waals surface area contributed by atoms with Crippen LogP contribution in [0.1, 0.15) is 18.1 Å². The summed E-state index contributed by atoms with van der Waals surface area (Å²) in [6.45, 7) is 4.34. The van der Waals surface area contributed by atoms with Crippen molar-refractivity contribution in [2.75, 3.05) is 40.1 Å². The van der Waals surface area contributed by atoms with Gasteiger partial charge in [-0.2, -0.15) is 0 Å². The lowest BCUT2D eigenvalue weighted by atomic mass is 10.0. The van der Waals surface area contributed by atoms with E-state index in [1.54, 1.807) is 36.4 Å². The Hall–Kier alpha value is -2.45. The standard InChI is InChI=1S/C23H26Cl2O7/c1-3-29-8-9-30-10-11-31-22-20(24)12-17(13-21(22)25)32-14-16-6-4-5-7-18(16)19(15-28-2)23(26)27/h4-7,12-13,15H,3,8-11,14H2,1-2H3,(H,26,27). The Morgan fingerprint density at radius 2 is 1.66 bits per heavy atom. The van der Waals surface area contributed by atoms with Crippen molar-refractivity contribution in [2.45, 2.75) is 13.5 Å². The van der Waals surface area contributed by atoms with E-state index in [2.05, 4.69) is 0 Å². The van der Waals surface area contributed by atoms with Crippen LogP contribution in [0.5, 0.6) is 11.5 Å². The number of carboxylic acids is 1. The van der Waals surface area contributed by atoms with Gasteiger partial charge in [0.1, 0.15) is 24.5 Å². The van der Waals surface area contributed by atoms with Crippen LogP contribution in [0.25, 0.3) is 5.57 Å². The fourth-order valence-electron chi connectivity index (χ4n) is 2.74. The molecule has 0 bridgehead atoms. The van der Waals surface area contributed by atoms with Crippen LogP contribution in [0.15, 0.2) is 42.7 Å². The van der Waals surface area contributed by atoms with Gasteiger partial charge >= 0.3 is 5.97 Å². The molecule has 0 aliphatic carbocycles. The Morgan fingerprint density at radius 3 is 2.31 bits per heavy atom. The minimum Gasteiger partial charge on any atom is -0.503 e. The van der Waals surface area contributed by atoms with E-state index >= 15 is 0 Å². The lowest BCUT2D eigenvalue weighted by Crippen LogP contribution is -2.11. The van der Waals surface area contributed by atoms with Gasteiger partial charge in [0.15, 0.2) is 5.75 Å². The van der Waals surface area contributed by atoms with Crippen molar-refractivity contribution >= 4 is 34.7 Å². The Bertz CT molecular complexity index is 892. The van der Waals surface area contributed by atoms with Crippen LogP contribution in [0.4, 0.5) is 0 Å². The molecule has 0 saturated heterocycles. The van der Waals surface area contributed by atoms with E-state index in [1.807, 2.05) is 6.92 Å². The maximum absolute atomic E-state index is 11.6. The Kier molecular flexibility index (Phi) is 11.2. The van der Waals surface area contributed by atoms with Gasteiger partial charge in [0.05, 0.1) is 43.2 Å². The number of methoxy groups -OCH3 is 1. The molecule has 0 radical (unpaired) electrons. The van der Waals surface area contributed by atoms with E-state index in [0.29, 0.717) is 59.1 Å². The monoisotopic (exact) mass is 484 g/mol. The van der Waals surface area contributed by atoms with Crippen LogP contribution in [0.2, 0.25) is 10.0 Å². The van der Waals surface area contributed by atoms with Crippen LogP contribution < -0.4 is 9.47 Å². The van der Waals surface area contributed by atoms with Crippen LogP contribution >= 0.6 is 23.2 Å². The second-order valence-electron chi connectivity index (χ2n) is 6.39. The highest BCUT2D eigenvalue weighted by molar-refractivity contribution is 6.37. The number of hydrogen-bond donors (Lipinski definition) is 1. The van der Waals surface area contributed by atoms with Crippen LogP contribution in [0, 0.1) is 0 Å². The molecule has 0 unspecified atom stereocenters. The van der Waals surface area contributed by atoms with E-state index < -0.39 is 5.97 Å². The predicted molar refractivity (Wildman–Crippen MR) is 123 cm³/mol. The van der Waals surface area contributed by atoms with E-state index in [1.165, 1.54) is 13.4 Å². The first-order valence-corrected chi connectivity index (χ1v) is 10.7. The smallest absolute Gasteiger partial charge is 0.339 e. The van der Waals surface area contributed by atoms with Crippen molar-refractivity contribution in [3.05, 3.63) is 63.8 Å². The number of rotatable bonds is 14. The summed E-state index contributed by atoms with van der Waals surface area (Å²) in [5, 5.41) is 10.0. The third-order valence-electron chi connectivity index (χ3n) is 4.19. The van der Waals surface area contributed by atoms with Crippen molar-refractivity contribution in [2.24, 2.45) is 0 Å². The first-order valence-electron chi connectivity index (χ1n) is 9.92. The molecule has 0 spiro atoms. The maximum atomic E-state index is 11.6. The molecule has 0 amide bonds. The van der Waals surface area contributed by atoms with Gasteiger partial charge in [0.25, 0.3) is 0 Å². The van der Waals surface area contributed by atoms with E-state index in [-0.39, 0.29) is 18.8 Å². The summed E-state index contributed by atoms with van der Waals surface area (Å²) >= 11 is 12.6. The zero-order valence-electron chi connectivity index (χ0n) is 17.9. The van der Waals surface area contributed by atoms with Crippen molar-refractivity contribution in [3.8, 4) is 11.5 Å². The molecular weight excluding hydrogens is 459 g/mol. The van der Waals surface area contributed by atoms with Crippen LogP contribution in [-0.2, 0) is 25.6 Å². The van der Waals surface area contributed by atoms with Crippen molar-refractivity contribution in [3.63, 3.8) is 0 Å². The minimum absolute atomic E-state index is 0.0231. The molecule has 0 aliphatic rings. The first kappa shape index (κ1) is 25.8. The first-order chi connectivity index (χ1) is 15.5. The number of carbonyl (C=O) groups is 1. The van der Waals surface area contributed by atoms with Gasteiger partial charge < -0.3 is 28.8 Å². The van der Waals surface area contributed by atoms with Gasteiger partial charge in [-0.25, -0.2) is 4.79 Å². The number of halogens is 2. The number of ether oxygens (including phenoxy) is 5. The molecular formula is C23H26Cl2O7. The summed E-state index contributed by atoms with van der Waals surface area (Å²) in [6, 6.07) is 10.2. The molecule has 0 saturated carbocycles. The average Bonchev–Trinajstić information content (AvgIpc) is 2.77. The molecule has 0 aromatic heterocycles. The van der Waals surface area contributed by atoms with Crippen molar-refractivity contribution in [1.29, 1.82) is 0 Å². The number of hydrogen-bond acceptors (Lipinski definition) is 6. The summed E-state index contributed by atoms with van der Waals surface area (Å²) in [5.41, 5.74) is 1.17. The summed E-state index contributed by atoms with van der Waals surface area (Å²) in [6.07, 6.45) is 1.18. The Balaban J connectivity index is 2.01. The second kappa shape index (κ2) is 13.9. The summed E-state index contributed by atoms with van der Waals surface area (Å²) in [5.74, 6) is -0.345. The molecule has 0 atom stereocenters. The fourth-order valence-corrected chi connectivity index (χ4v) is 3.32. The maximum Gasteiger partial charge on any atom is 0.339 e. The fraction of sp³-hybridized carbons (Fsp3) is 0.348. The molecule has 1 N–H and O–H groups in total. The summed E-state index contributed by atoms with van der Waals surface area (Å²) in [7, 11) is 1.39. The van der Waals surface area contributed by atoms with Crippen LogP contribution in [0.3, 0.4) is 0 Å². The zero-order chi connectivity index (χ0) is 23.3. The van der Waals surface area contributed by atoms with E-state index in [0.717, 1.165) is 0 Å². The SMILES string of the molecule is CCOCCOCCOc1c(Cl)cc(OCc2ccccc2C(=COC)C(=O)O)cc1Cl. The van der Waals surface area contributed by atoms with E-state index in [9.17, 15) is 9.90 Å². The van der Waals surface area contributed by atoms with Gasteiger partial charge in [-0.05, 0) is 18.1 Å². The van der Waals surface area contributed by atoms with Crippen molar-refractivity contribution in [1.82, 2.24) is 0 Å². The van der Waals surface area contributed by atoms with Gasteiger partial charge in [0.2, 0.25) is 0 Å². The number of carboxylic acid groups (broad SMARTS) is 1. The lowest BCUT2D eigenvalue weighted by molar-refractivity contribution is -0.130. The molecule has 7 nitrogen and oxygen atoms in total. The third-order valence-corrected chi connectivity index (χ3v) is 4.75. The second-order valence-corrected chi connectivity index (χ2v) is 7.21. The predicted octanol–water partition coefficient (Wildman–Crippen LogP) is 5.08. The van der Waals surface area contributed by atoms with Crippen LogP contribution in [-0.4, -0.2) is 51.2 Å². The molecule has 2 rings (SSSR count). The number of benzene rings is 2. The van der Waals surface area contributed by atoms with E-state index in [4.69, 9.17) is 46.9 Å². The summed E-state index contributed by atoms with van der Waals surface area (Å²) in [4.78, 5) is 11.6. The van der Waals surface area contributed by atoms with Crippen molar-refractivity contribution < 1.29 is 33.6 Å². The Labute approximate surface area is 197 Å². The molecule has 9 heteroatoms. The number of aliphatic carboxylic acids is 1. The molecule has 2 aromatic rings.